The summed E-state index contributed by atoms with van der Waals surface area (Å²) >= 11 is 0. The maximum Gasteiger partial charge on any atom is 0.485 e. The molecule has 0 rings (SSSR count). The van der Waals surface area contributed by atoms with Crippen molar-refractivity contribution in [3.8, 4) is 0 Å². The Hall–Kier alpha value is -2.39. The van der Waals surface area contributed by atoms with Gasteiger partial charge in [-0.25, -0.2) is 0 Å². The van der Waals surface area contributed by atoms with Gasteiger partial charge in [-0.1, -0.05) is 0 Å². The Labute approximate surface area is 644 Å². The number of hydrogen-bond donors (Lipinski definition) is 12. The van der Waals surface area contributed by atoms with Gasteiger partial charge >= 0.3 is 71.6 Å². The van der Waals surface area contributed by atoms with Crippen molar-refractivity contribution in [2.75, 3.05) is 0 Å². The SMILES string of the molecule is CC(C)(C)C(=O)O.CC(C)(C)C(=O)O.CC(C)(C)C(=O)O.CC(C)(C)C(=O)O.CC(C)(C)C(=O)O.CC(C)(C)C(O)=[OH+].CC(C)(C)C(O)=[OH+].CC(C)(C)C(O)=[OH+].CC(C)(C)C(O)=[OH+].CC(C)(C)C(O)=[OH+].CC(C)(C)C(O)=[OH+].CC(C)(C)C(O)=[OH+].O.O.[Co].[Co].[Co].[Co].[Co].[Co].[Co].[Co]. The maximum atomic E-state index is 10.0. The summed E-state index contributed by atoms with van der Waals surface area (Å²) in [6.07, 6.45) is 0. The van der Waals surface area contributed by atoms with Crippen molar-refractivity contribution in [2.45, 2.75) is 249 Å². The van der Waals surface area contributed by atoms with Gasteiger partial charge in [0.15, 0.2) is 0 Å². The summed E-state index contributed by atoms with van der Waals surface area (Å²) in [6.45, 7) is 61.1. The van der Waals surface area contributed by atoms with E-state index in [1.54, 1.807) is 249 Å². The van der Waals surface area contributed by atoms with Crippen LogP contribution in [-0.2, 0) is 158 Å². The number of aliphatic carboxylic acids is 12. The van der Waals surface area contributed by atoms with Crippen molar-refractivity contribution < 1.29 is 264 Å². The molecule has 0 aliphatic heterocycles. The summed E-state index contributed by atoms with van der Waals surface area (Å²) in [4.78, 5) is 109. The Morgan fingerprint density at radius 3 is 0.181 bits per heavy atom. The first-order valence-electron chi connectivity index (χ1n) is 26.3. The molecule has 94 heavy (non-hydrogen) atoms. The van der Waals surface area contributed by atoms with E-state index in [4.69, 9.17) is 94.8 Å². The van der Waals surface area contributed by atoms with Gasteiger partial charge in [-0.2, -0.15) is 0 Å². The summed E-state index contributed by atoms with van der Waals surface area (Å²) in [5.41, 5.74) is -6.22. The molecule has 0 saturated heterocycles. The molecule has 0 unspecified atom stereocenters. The first kappa shape index (κ1) is 155. The fraction of sp³-hybridized carbons (Fsp3) is 0.800. The van der Waals surface area contributed by atoms with Crippen LogP contribution in [0.5, 0.6) is 0 Å². The average molecular weight is 1740 g/mol. The Balaban J connectivity index is -0.0000000298. The summed E-state index contributed by atoms with van der Waals surface area (Å²) in [7, 11) is 0. The molecule has 0 fully saturated rings. The van der Waals surface area contributed by atoms with E-state index in [-0.39, 0.29) is 145 Å². The molecule has 0 aliphatic rings. The van der Waals surface area contributed by atoms with Crippen LogP contribution in [0.1, 0.15) is 249 Å². The van der Waals surface area contributed by atoms with E-state index >= 15 is 0 Å². The molecule has 592 valence electrons. The van der Waals surface area contributed by atoms with Crippen molar-refractivity contribution in [3.05, 3.63) is 0 Å². The molecule has 0 aromatic carbocycles. The van der Waals surface area contributed by atoms with Crippen molar-refractivity contribution >= 4 is 71.6 Å². The number of carbonyl (C=O) groups is 5. The second-order valence-electron chi connectivity index (χ2n) is 30.8. The molecule has 0 amide bonds. The summed E-state index contributed by atoms with van der Waals surface area (Å²) < 4.78 is 0. The van der Waals surface area contributed by atoms with Crippen LogP contribution in [0.2, 0.25) is 0 Å². The molecule has 0 aromatic rings. The maximum absolute atomic E-state index is 10.0. The Kier molecular flexibility index (Phi) is 108. The number of hydrogen-bond acceptors (Lipinski definition) is 5. The summed E-state index contributed by atoms with van der Waals surface area (Å²) in [6, 6.07) is 0. The van der Waals surface area contributed by atoms with Gasteiger partial charge in [-0.3, -0.25) is 24.0 Å². The molecule has 0 aliphatic carbocycles. The van der Waals surface area contributed by atoms with Crippen molar-refractivity contribution in [3.63, 3.8) is 0 Å². The fourth-order valence-electron chi connectivity index (χ4n) is 0. The molecule has 0 aromatic heterocycles. The van der Waals surface area contributed by atoms with Gasteiger partial charge in [0.25, 0.3) is 0 Å². The molecule has 23 N–H and O–H groups in total. The first-order chi connectivity index (χ1) is 35.3. The van der Waals surface area contributed by atoms with E-state index < -0.39 is 137 Å². The zero-order valence-corrected chi connectivity index (χ0v) is 70.5. The van der Waals surface area contributed by atoms with Crippen LogP contribution in [0.15, 0.2) is 0 Å². The molecule has 0 bridgehead atoms. The van der Waals surface area contributed by atoms with Crippen LogP contribution >= 0.6 is 0 Å². The standard InChI is InChI=1S/12C5H10O2.8Co.2H2O/c12*1-5(2,3)4(6)7;;;;;;;;;;/h12*1-3H3,(H,6,7);;;;;;;;;2*1H2/p+7. The van der Waals surface area contributed by atoms with Crippen molar-refractivity contribution in [1.29, 1.82) is 0 Å². The van der Waals surface area contributed by atoms with E-state index in [2.05, 4.69) is 0 Å². The zero-order valence-electron chi connectivity index (χ0n) is 62.2. The monoisotopic (exact) mass is 1740 g/mol. The van der Waals surface area contributed by atoms with Gasteiger partial charge in [-0.05, 0) is 249 Å². The summed E-state index contributed by atoms with van der Waals surface area (Å²) in [5, 5.41) is 99.8. The molecule has 26 nitrogen and oxygen atoms in total. The smallest absolute Gasteiger partial charge is 0.481 e. The average Bonchev–Trinajstić information content (AvgIpc) is 3.16. The second kappa shape index (κ2) is 65.2. The predicted octanol–water partition coefficient (Wildman–Crippen LogP) is 11.6. The van der Waals surface area contributed by atoms with Crippen molar-refractivity contribution in [1.82, 2.24) is 0 Å². The normalized spacial score (nSPS) is 10.1. The third-order valence-electron chi connectivity index (χ3n) is 7.90. The van der Waals surface area contributed by atoms with Crippen LogP contribution in [0.4, 0.5) is 0 Å². The fourth-order valence-corrected chi connectivity index (χ4v) is 0. The molecular formula is C60H131Co8O26+7. The summed E-state index contributed by atoms with van der Waals surface area (Å²) in [5.74, 6) is -7.33. The minimum absolute atomic E-state index is 0. The number of carboxylic acid groups (broad SMARTS) is 12. The molecule has 8 radical (unpaired) electrons. The van der Waals surface area contributed by atoms with E-state index in [0.29, 0.717) is 0 Å². The van der Waals surface area contributed by atoms with Crippen LogP contribution in [0, 0.1) is 65.0 Å². The first-order valence-corrected chi connectivity index (χ1v) is 26.3. The minimum Gasteiger partial charge on any atom is -0.481 e. The molecule has 34 heteroatoms. The van der Waals surface area contributed by atoms with E-state index in [9.17, 15) is 24.0 Å². The third-order valence-corrected chi connectivity index (χ3v) is 7.90. The second-order valence-corrected chi connectivity index (χ2v) is 30.8. The van der Waals surface area contributed by atoms with Crippen LogP contribution < -0.4 is 0 Å². The van der Waals surface area contributed by atoms with Gasteiger partial charge in [0.05, 0.1) is 27.1 Å². The third kappa shape index (κ3) is 145. The predicted molar refractivity (Wildman–Crippen MR) is 346 cm³/mol. The minimum atomic E-state index is -0.757. The van der Waals surface area contributed by atoms with Crippen LogP contribution in [-0.4, -0.2) is 177 Å². The van der Waals surface area contributed by atoms with Crippen LogP contribution in [0.3, 0.4) is 0 Å². The van der Waals surface area contributed by atoms with Gasteiger partial charge < -0.3 is 106 Å². The van der Waals surface area contributed by atoms with E-state index in [1.807, 2.05) is 0 Å². The van der Waals surface area contributed by atoms with Gasteiger partial charge in [0, 0.05) is 134 Å². The van der Waals surface area contributed by atoms with E-state index in [0.717, 1.165) is 0 Å². The largest absolute Gasteiger partial charge is 0.485 e. The quantitative estimate of drug-likeness (QED) is 0.100. The Morgan fingerprint density at radius 2 is 0.181 bits per heavy atom. The van der Waals surface area contributed by atoms with Gasteiger partial charge in [-0.15, -0.1) is 0 Å². The molecule has 0 saturated carbocycles. The molecular weight excluding hydrogens is 1610 g/mol. The molecule has 0 spiro atoms. The van der Waals surface area contributed by atoms with Gasteiger partial charge in [0.2, 0.25) is 0 Å². The number of rotatable bonds is 0. The van der Waals surface area contributed by atoms with Gasteiger partial charge in [0.1, 0.15) is 37.9 Å². The Morgan fingerprint density at radius 1 is 0.160 bits per heavy atom. The van der Waals surface area contributed by atoms with E-state index in [1.165, 1.54) is 0 Å². The topological polar surface area (TPSA) is 541 Å². The molecule has 0 heterocycles. The number of aliphatic hydroxyl groups excluding tert-OH is 7. The zero-order chi connectivity index (χ0) is 72.9. The Bertz CT molecular complexity index is 1500. The van der Waals surface area contributed by atoms with Crippen molar-refractivity contribution in [2.24, 2.45) is 65.0 Å². The van der Waals surface area contributed by atoms with Crippen LogP contribution in [0.25, 0.3) is 0 Å². The number of carboxylic acids is 12. The molecule has 0 atom stereocenters.